The minimum atomic E-state index is -0.0216. The zero-order chi connectivity index (χ0) is 18.1. The molecule has 0 spiro atoms. The molecule has 0 saturated carbocycles. The van der Waals surface area contributed by atoms with E-state index in [4.69, 9.17) is 4.74 Å². The number of carbonyl (C=O) groups excluding carboxylic acids is 1. The van der Waals surface area contributed by atoms with Gasteiger partial charge in [-0.05, 0) is 30.0 Å². The molecule has 1 aliphatic heterocycles. The molecule has 26 heavy (non-hydrogen) atoms. The average Bonchev–Trinajstić information content (AvgIpc) is 3.06. The van der Waals surface area contributed by atoms with Crippen LogP contribution in [0.3, 0.4) is 0 Å². The van der Waals surface area contributed by atoms with Crippen molar-refractivity contribution in [3.8, 4) is 5.75 Å². The summed E-state index contributed by atoms with van der Waals surface area (Å²) in [6.45, 7) is 5.58. The zero-order valence-electron chi connectivity index (χ0n) is 15.2. The van der Waals surface area contributed by atoms with E-state index >= 15 is 0 Å². The Kier molecular flexibility index (Phi) is 4.41. The molecule has 2 heterocycles. The number of hydrogen-bond donors (Lipinski definition) is 1. The van der Waals surface area contributed by atoms with Gasteiger partial charge in [0.05, 0.1) is 12.1 Å². The maximum Gasteiger partial charge on any atom is 0.267 e. The van der Waals surface area contributed by atoms with Crippen molar-refractivity contribution in [1.29, 1.82) is 0 Å². The first-order chi connectivity index (χ1) is 12.7. The minimum absolute atomic E-state index is 0.0216. The maximum absolute atomic E-state index is 12.9. The Bertz CT molecular complexity index is 930. The molecule has 0 saturated heterocycles. The number of nitrogens with zero attached hydrogens (tertiary/aromatic N) is 1. The Morgan fingerprint density at radius 3 is 2.81 bits per heavy atom. The topological polar surface area (TPSA) is 43.3 Å². The lowest BCUT2D eigenvalue weighted by molar-refractivity contribution is 0.0936. The van der Waals surface area contributed by atoms with Crippen LogP contribution in [0.4, 0.5) is 0 Å². The van der Waals surface area contributed by atoms with Gasteiger partial charge in [-0.15, -0.1) is 0 Å². The second-order valence-corrected chi connectivity index (χ2v) is 7.00. The molecule has 0 radical (unpaired) electrons. The number of nitrogens with one attached hydrogen (secondary N) is 1. The van der Waals surface area contributed by atoms with Crippen LogP contribution >= 0.6 is 0 Å². The van der Waals surface area contributed by atoms with Crippen molar-refractivity contribution in [3.05, 3.63) is 65.9 Å². The third-order valence-corrected chi connectivity index (χ3v) is 5.19. The Labute approximate surface area is 153 Å². The Morgan fingerprint density at radius 1 is 1.23 bits per heavy atom. The van der Waals surface area contributed by atoms with Crippen molar-refractivity contribution in [2.75, 3.05) is 6.54 Å². The van der Waals surface area contributed by atoms with Crippen LogP contribution < -0.4 is 10.1 Å². The lowest BCUT2D eigenvalue weighted by Crippen LogP contribution is -2.32. The molecule has 2 aromatic carbocycles. The Balaban J connectivity index is 1.57. The summed E-state index contributed by atoms with van der Waals surface area (Å²) in [6.07, 6.45) is 1.02. The fourth-order valence-corrected chi connectivity index (χ4v) is 3.63. The molecule has 0 unspecified atom stereocenters. The van der Waals surface area contributed by atoms with Gasteiger partial charge in [0.2, 0.25) is 0 Å². The van der Waals surface area contributed by atoms with Crippen molar-refractivity contribution < 1.29 is 9.53 Å². The van der Waals surface area contributed by atoms with Gasteiger partial charge in [0, 0.05) is 11.9 Å². The maximum atomic E-state index is 12.9. The summed E-state index contributed by atoms with van der Waals surface area (Å²) >= 11 is 0. The molecular weight excluding hydrogens is 324 g/mol. The Hall–Kier alpha value is -2.75. The second-order valence-electron chi connectivity index (χ2n) is 7.00. The van der Waals surface area contributed by atoms with Crippen LogP contribution in [0, 0.1) is 0 Å². The van der Waals surface area contributed by atoms with Gasteiger partial charge < -0.3 is 14.6 Å². The summed E-state index contributed by atoms with van der Waals surface area (Å²) in [6, 6.07) is 18.3. The van der Waals surface area contributed by atoms with E-state index in [0.29, 0.717) is 13.1 Å². The lowest BCUT2D eigenvalue weighted by Gasteiger charge is -2.26. The van der Waals surface area contributed by atoms with E-state index in [9.17, 15) is 4.79 Å². The highest BCUT2D eigenvalue weighted by Gasteiger charge is 2.25. The third-order valence-electron chi connectivity index (χ3n) is 5.19. The number of ether oxygens (including phenoxy) is 1. The van der Waals surface area contributed by atoms with Crippen LogP contribution in [0.25, 0.3) is 10.9 Å². The van der Waals surface area contributed by atoms with E-state index in [1.54, 1.807) is 0 Å². The van der Waals surface area contributed by atoms with E-state index in [1.807, 2.05) is 42.5 Å². The number of benzene rings is 2. The lowest BCUT2D eigenvalue weighted by atomic mass is 10.0. The number of carbonyl (C=O) groups is 1. The van der Waals surface area contributed by atoms with Gasteiger partial charge >= 0.3 is 0 Å². The zero-order valence-corrected chi connectivity index (χ0v) is 15.2. The largest absolute Gasteiger partial charge is 0.486 e. The summed E-state index contributed by atoms with van der Waals surface area (Å²) in [5, 5.41) is 4.16. The number of aromatic nitrogens is 1. The van der Waals surface area contributed by atoms with Crippen LogP contribution in [0.2, 0.25) is 0 Å². The first-order valence-corrected chi connectivity index (χ1v) is 9.29. The first-order valence-electron chi connectivity index (χ1n) is 9.29. The van der Waals surface area contributed by atoms with Gasteiger partial charge in [-0.25, -0.2) is 0 Å². The number of para-hydroxylation sites is 1. The third kappa shape index (κ3) is 2.96. The summed E-state index contributed by atoms with van der Waals surface area (Å²) in [5.41, 5.74) is 2.98. The molecule has 0 aliphatic carbocycles. The smallest absolute Gasteiger partial charge is 0.267 e. The summed E-state index contributed by atoms with van der Waals surface area (Å²) in [5.74, 6) is 1.12. The quantitative estimate of drug-likeness (QED) is 0.745. The molecule has 4 nitrogen and oxygen atoms in total. The van der Waals surface area contributed by atoms with Crippen LogP contribution in [0.15, 0.2) is 54.6 Å². The first kappa shape index (κ1) is 16.7. The summed E-state index contributed by atoms with van der Waals surface area (Å²) < 4.78 is 8.17. The standard InChI is InChI=1S/C22H24N2O2/c1-3-18-14-24-19(12-17-10-7-11-20(26-18)21(17)24)22(25)23-13-15(2)16-8-5-4-6-9-16/h4-12,15,18H,3,13-14H2,1-2H3,(H,23,25)/t15-,18-/m0/s1. The second kappa shape index (κ2) is 6.87. The van der Waals surface area contributed by atoms with E-state index < -0.39 is 0 Å². The molecule has 1 aromatic heterocycles. The predicted molar refractivity (Wildman–Crippen MR) is 104 cm³/mol. The van der Waals surface area contributed by atoms with Crippen LogP contribution in [-0.4, -0.2) is 23.1 Å². The van der Waals surface area contributed by atoms with Gasteiger partial charge in [0.15, 0.2) is 0 Å². The number of amides is 1. The summed E-state index contributed by atoms with van der Waals surface area (Å²) in [7, 11) is 0. The van der Waals surface area contributed by atoms with E-state index in [2.05, 4.69) is 35.9 Å². The molecule has 3 aromatic rings. The molecule has 1 amide bonds. The molecule has 0 bridgehead atoms. The van der Waals surface area contributed by atoms with E-state index in [1.165, 1.54) is 5.56 Å². The summed E-state index contributed by atoms with van der Waals surface area (Å²) in [4.78, 5) is 12.9. The van der Waals surface area contributed by atoms with Gasteiger partial charge in [0.25, 0.3) is 5.91 Å². The fraction of sp³-hybridized carbons (Fsp3) is 0.318. The highest BCUT2D eigenvalue weighted by molar-refractivity contribution is 6.00. The fourth-order valence-electron chi connectivity index (χ4n) is 3.63. The van der Waals surface area contributed by atoms with Gasteiger partial charge in [-0.2, -0.15) is 0 Å². The monoisotopic (exact) mass is 348 g/mol. The molecule has 1 N–H and O–H groups in total. The highest BCUT2D eigenvalue weighted by atomic mass is 16.5. The van der Waals surface area contributed by atoms with Crippen molar-refractivity contribution >= 4 is 16.8 Å². The molecule has 134 valence electrons. The molecular formula is C22H24N2O2. The highest BCUT2D eigenvalue weighted by Crippen LogP contribution is 2.34. The number of hydrogen-bond acceptors (Lipinski definition) is 2. The normalized spacial score (nSPS) is 16.9. The molecule has 4 heteroatoms. The SMILES string of the molecule is CC[C@H]1Cn2c(C(=O)NC[C@H](C)c3ccccc3)cc3cccc(c32)O1. The molecule has 2 atom stereocenters. The molecule has 4 rings (SSSR count). The average molecular weight is 348 g/mol. The van der Waals surface area contributed by atoms with Crippen molar-refractivity contribution in [2.24, 2.45) is 0 Å². The minimum Gasteiger partial charge on any atom is -0.486 e. The van der Waals surface area contributed by atoms with E-state index in [-0.39, 0.29) is 17.9 Å². The van der Waals surface area contributed by atoms with Crippen LogP contribution in [0.5, 0.6) is 5.75 Å². The van der Waals surface area contributed by atoms with Gasteiger partial charge in [-0.3, -0.25) is 4.79 Å². The predicted octanol–water partition coefficient (Wildman–Crippen LogP) is 4.35. The molecule has 1 aliphatic rings. The van der Waals surface area contributed by atoms with E-state index in [0.717, 1.165) is 28.8 Å². The van der Waals surface area contributed by atoms with Gasteiger partial charge in [-0.1, -0.05) is 56.3 Å². The Morgan fingerprint density at radius 2 is 2.04 bits per heavy atom. The van der Waals surface area contributed by atoms with Gasteiger partial charge in [0.1, 0.15) is 17.5 Å². The number of rotatable bonds is 5. The van der Waals surface area contributed by atoms with Crippen LogP contribution in [-0.2, 0) is 6.54 Å². The molecule has 0 fully saturated rings. The van der Waals surface area contributed by atoms with Crippen molar-refractivity contribution in [1.82, 2.24) is 9.88 Å². The van der Waals surface area contributed by atoms with Crippen molar-refractivity contribution in [3.63, 3.8) is 0 Å². The van der Waals surface area contributed by atoms with Crippen LogP contribution in [0.1, 0.15) is 42.2 Å². The van der Waals surface area contributed by atoms with Crippen molar-refractivity contribution in [2.45, 2.75) is 38.8 Å².